The van der Waals surface area contributed by atoms with Crippen molar-refractivity contribution in [2.24, 2.45) is 5.73 Å². The second-order valence-electron chi connectivity index (χ2n) is 6.23. The summed E-state index contributed by atoms with van der Waals surface area (Å²) in [7, 11) is -1.44. The molecule has 22 heavy (non-hydrogen) atoms. The fourth-order valence-electron chi connectivity index (χ4n) is 3.47. The van der Waals surface area contributed by atoms with Crippen molar-refractivity contribution in [3.05, 3.63) is 0 Å². The van der Waals surface area contributed by atoms with Gasteiger partial charge in [0.1, 0.15) is 6.10 Å². The number of halogens is 1. The lowest BCUT2D eigenvalue weighted by Crippen LogP contribution is -2.51. The smallest absolute Gasteiger partial charge is 0.251 e. The van der Waals surface area contributed by atoms with Crippen LogP contribution in [-0.4, -0.2) is 62.6 Å². The van der Waals surface area contributed by atoms with E-state index in [9.17, 15) is 13.2 Å². The van der Waals surface area contributed by atoms with Crippen LogP contribution in [-0.2, 0) is 19.4 Å². The number of hydrogen-bond donors (Lipinski definition) is 1. The molecule has 1 heterocycles. The van der Waals surface area contributed by atoms with Crippen LogP contribution in [0.15, 0.2) is 0 Å². The van der Waals surface area contributed by atoms with Gasteiger partial charge in [-0.15, -0.1) is 12.4 Å². The first-order valence-electron chi connectivity index (χ1n) is 7.65. The molecule has 0 aromatic rings. The lowest BCUT2D eigenvalue weighted by molar-refractivity contribution is -0.144. The Morgan fingerprint density at radius 2 is 1.86 bits per heavy atom. The van der Waals surface area contributed by atoms with Gasteiger partial charge in [0.25, 0.3) is 5.91 Å². The van der Waals surface area contributed by atoms with Crippen molar-refractivity contribution in [1.82, 2.24) is 4.90 Å². The van der Waals surface area contributed by atoms with Gasteiger partial charge in [-0.25, -0.2) is 8.42 Å². The first-order chi connectivity index (χ1) is 9.84. The Labute approximate surface area is 139 Å². The molecule has 130 valence electrons. The molecule has 0 aromatic heterocycles. The summed E-state index contributed by atoms with van der Waals surface area (Å²) < 4.78 is 29.6. The minimum atomic E-state index is -3.15. The van der Waals surface area contributed by atoms with Crippen LogP contribution in [0, 0.1) is 0 Å². The fraction of sp³-hybridized carbons (Fsp3) is 0.929. The highest BCUT2D eigenvalue weighted by Gasteiger charge is 2.40. The number of ether oxygens (including phenoxy) is 1. The summed E-state index contributed by atoms with van der Waals surface area (Å²) in [4.78, 5) is 14.1. The van der Waals surface area contributed by atoms with Gasteiger partial charge in [-0.05, 0) is 25.7 Å². The van der Waals surface area contributed by atoms with Crippen molar-refractivity contribution in [3.63, 3.8) is 0 Å². The van der Waals surface area contributed by atoms with Crippen LogP contribution in [0.5, 0.6) is 0 Å². The number of sulfone groups is 1. The summed E-state index contributed by atoms with van der Waals surface area (Å²) in [6.45, 7) is 0.420. The zero-order valence-electron chi connectivity index (χ0n) is 13.2. The van der Waals surface area contributed by atoms with Crippen LogP contribution < -0.4 is 5.73 Å². The molecule has 0 spiro atoms. The lowest BCUT2D eigenvalue weighted by atomic mass is 9.93. The molecule has 2 rings (SSSR count). The number of nitrogens with two attached hydrogens (primary N) is 1. The molecule has 1 saturated heterocycles. The molecular weight excluding hydrogens is 328 g/mol. The summed E-state index contributed by atoms with van der Waals surface area (Å²) in [5.41, 5.74) is 5.57. The van der Waals surface area contributed by atoms with E-state index in [4.69, 9.17) is 10.5 Å². The summed E-state index contributed by atoms with van der Waals surface area (Å²) in [5, 5.41) is -0.452. The van der Waals surface area contributed by atoms with Gasteiger partial charge in [-0.1, -0.05) is 12.8 Å². The molecule has 1 amide bonds. The largest absolute Gasteiger partial charge is 0.364 e. The SMILES string of the molecule is CN(C(=O)[C@@H]1CC[C@H](CN)O1)C1CCCCC1S(C)(=O)=O.Cl. The van der Waals surface area contributed by atoms with Gasteiger partial charge in [0.15, 0.2) is 9.84 Å². The second-order valence-corrected chi connectivity index (χ2v) is 8.49. The van der Waals surface area contributed by atoms with E-state index in [1.807, 2.05) is 0 Å². The molecule has 6 nitrogen and oxygen atoms in total. The number of carbonyl (C=O) groups is 1. The van der Waals surface area contributed by atoms with Crippen molar-refractivity contribution in [2.75, 3.05) is 19.8 Å². The van der Waals surface area contributed by atoms with Gasteiger partial charge in [0.05, 0.1) is 11.4 Å². The van der Waals surface area contributed by atoms with Crippen LogP contribution in [0.3, 0.4) is 0 Å². The third kappa shape index (κ3) is 4.34. The molecule has 2 unspecified atom stereocenters. The summed E-state index contributed by atoms with van der Waals surface area (Å²) in [6.07, 6.45) is 5.46. The van der Waals surface area contributed by atoms with Gasteiger partial charge in [-0.2, -0.15) is 0 Å². The normalized spacial score (nSPS) is 32.3. The Kier molecular flexibility index (Phi) is 7.11. The predicted octanol–water partition coefficient (Wildman–Crippen LogP) is 0.729. The highest BCUT2D eigenvalue weighted by Crippen LogP contribution is 2.29. The van der Waals surface area contributed by atoms with E-state index in [2.05, 4.69) is 0 Å². The Morgan fingerprint density at radius 1 is 1.23 bits per heavy atom. The van der Waals surface area contributed by atoms with E-state index < -0.39 is 21.2 Å². The predicted molar refractivity (Wildman–Crippen MR) is 87.9 cm³/mol. The molecule has 1 aliphatic heterocycles. The maximum atomic E-state index is 12.5. The minimum absolute atomic E-state index is 0. The average Bonchev–Trinajstić information content (AvgIpc) is 2.93. The molecule has 2 N–H and O–H groups in total. The van der Waals surface area contributed by atoms with E-state index in [-0.39, 0.29) is 30.5 Å². The Hall–Kier alpha value is -0.370. The fourth-order valence-corrected chi connectivity index (χ4v) is 4.96. The van der Waals surface area contributed by atoms with Crippen LogP contribution in [0.25, 0.3) is 0 Å². The molecule has 0 radical (unpaired) electrons. The zero-order valence-corrected chi connectivity index (χ0v) is 14.9. The third-order valence-corrected chi connectivity index (χ3v) is 6.36. The van der Waals surface area contributed by atoms with Crippen molar-refractivity contribution in [2.45, 2.75) is 62.0 Å². The van der Waals surface area contributed by atoms with E-state index in [1.165, 1.54) is 6.26 Å². The number of hydrogen-bond acceptors (Lipinski definition) is 5. The molecule has 8 heteroatoms. The molecule has 0 bridgehead atoms. The molecular formula is C14H27ClN2O4S. The van der Waals surface area contributed by atoms with Gasteiger partial charge in [0, 0.05) is 25.9 Å². The quantitative estimate of drug-likeness (QED) is 0.803. The Morgan fingerprint density at radius 3 is 2.41 bits per heavy atom. The van der Waals surface area contributed by atoms with Crippen LogP contribution in [0.4, 0.5) is 0 Å². The van der Waals surface area contributed by atoms with Crippen LogP contribution in [0.2, 0.25) is 0 Å². The first kappa shape index (κ1) is 19.7. The van der Waals surface area contributed by atoms with Gasteiger partial charge < -0.3 is 15.4 Å². The zero-order chi connectivity index (χ0) is 15.6. The van der Waals surface area contributed by atoms with Crippen LogP contribution in [0.1, 0.15) is 38.5 Å². The lowest BCUT2D eigenvalue weighted by Gasteiger charge is -2.37. The number of rotatable bonds is 4. The first-order valence-corrected chi connectivity index (χ1v) is 9.61. The van der Waals surface area contributed by atoms with E-state index in [1.54, 1.807) is 11.9 Å². The Balaban J connectivity index is 0.00000242. The van der Waals surface area contributed by atoms with E-state index >= 15 is 0 Å². The topological polar surface area (TPSA) is 89.7 Å². The Bertz CT molecular complexity index is 485. The second kappa shape index (κ2) is 7.95. The molecule has 1 saturated carbocycles. The standard InChI is InChI=1S/C14H26N2O4S.ClH/c1-16(14(17)12-8-7-10(9-15)20-12)11-5-3-4-6-13(11)21(2,18)19;/h10-13H,3-9,15H2,1-2H3;1H/t10-,11?,12+,13?;/m1./s1. The van der Waals surface area contributed by atoms with Crippen molar-refractivity contribution < 1.29 is 17.9 Å². The highest BCUT2D eigenvalue weighted by molar-refractivity contribution is 7.91. The van der Waals surface area contributed by atoms with Gasteiger partial charge >= 0.3 is 0 Å². The molecule has 1 aliphatic carbocycles. The van der Waals surface area contributed by atoms with Gasteiger partial charge in [-0.3, -0.25) is 4.79 Å². The van der Waals surface area contributed by atoms with Crippen molar-refractivity contribution in [1.29, 1.82) is 0 Å². The minimum Gasteiger partial charge on any atom is -0.364 e. The highest BCUT2D eigenvalue weighted by atomic mass is 35.5. The molecule has 0 aromatic carbocycles. The molecule has 2 aliphatic rings. The molecule has 4 atom stereocenters. The van der Waals surface area contributed by atoms with Crippen molar-refractivity contribution >= 4 is 28.2 Å². The van der Waals surface area contributed by atoms with Crippen molar-refractivity contribution in [3.8, 4) is 0 Å². The van der Waals surface area contributed by atoms with Crippen LogP contribution >= 0.6 is 12.4 Å². The maximum absolute atomic E-state index is 12.5. The third-order valence-electron chi connectivity index (χ3n) is 4.71. The number of carbonyl (C=O) groups excluding carboxylic acids is 1. The summed E-state index contributed by atoms with van der Waals surface area (Å²) >= 11 is 0. The number of amides is 1. The van der Waals surface area contributed by atoms with Gasteiger partial charge in [0.2, 0.25) is 0 Å². The molecule has 2 fully saturated rings. The number of nitrogens with zero attached hydrogens (tertiary/aromatic N) is 1. The monoisotopic (exact) mass is 354 g/mol. The van der Waals surface area contributed by atoms with E-state index in [0.717, 1.165) is 25.7 Å². The number of likely N-dealkylation sites (N-methyl/N-ethyl adjacent to an activating group) is 1. The maximum Gasteiger partial charge on any atom is 0.251 e. The van der Waals surface area contributed by atoms with E-state index in [0.29, 0.717) is 19.4 Å². The average molecular weight is 355 g/mol. The summed E-state index contributed by atoms with van der Waals surface area (Å²) in [5.74, 6) is -0.105. The summed E-state index contributed by atoms with van der Waals surface area (Å²) in [6, 6.07) is -0.234.